The molecule has 2 unspecified atom stereocenters. The number of carbonyl (C=O) groups excluding carboxylic acids is 1. The monoisotopic (exact) mass is 232 g/mol. The molecule has 0 aliphatic carbocycles. The number of aliphatic hydroxyl groups is 1. The summed E-state index contributed by atoms with van der Waals surface area (Å²) in [7, 11) is 1.60. The minimum absolute atomic E-state index is 0.0389. The molecule has 0 aromatic carbocycles. The first kappa shape index (κ1) is 15.3. The Bertz CT molecular complexity index is 188. The predicted molar refractivity (Wildman–Crippen MR) is 63.3 cm³/mol. The number of carbonyl (C=O) groups is 1. The summed E-state index contributed by atoms with van der Waals surface area (Å²) in [6.45, 7) is 5.44. The summed E-state index contributed by atoms with van der Waals surface area (Å²) in [5.41, 5.74) is 0. The molecule has 0 aliphatic heterocycles. The van der Waals surface area contributed by atoms with Crippen LogP contribution in [0.2, 0.25) is 0 Å². The number of hydrogen-bond donors (Lipinski definition) is 3. The van der Waals surface area contributed by atoms with E-state index in [4.69, 9.17) is 4.74 Å². The van der Waals surface area contributed by atoms with Crippen molar-refractivity contribution in [2.75, 3.05) is 26.8 Å². The van der Waals surface area contributed by atoms with Crippen LogP contribution in [0.15, 0.2) is 0 Å². The lowest BCUT2D eigenvalue weighted by Gasteiger charge is -2.15. The van der Waals surface area contributed by atoms with Crippen LogP contribution in [0, 0.1) is 0 Å². The molecule has 0 radical (unpaired) electrons. The summed E-state index contributed by atoms with van der Waals surface area (Å²) >= 11 is 0. The van der Waals surface area contributed by atoms with Gasteiger partial charge in [-0.25, -0.2) is 0 Å². The van der Waals surface area contributed by atoms with Gasteiger partial charge in [0.25, 0.3) is 0 Å². The molecule has 0 fully saturated rings. The van der Waals surface area contributed by atoms with Gasteiger partial charge in [-0.05, 0) is 26.3 Å². The van der Waals surface area contributed by atoms with Gasteiger partial charge in [0, 0.05) is 13.7 Å². The minimum atomic E-state index is -0.281. The van der Waals surface area contributed by atoms with Gasteiger partial charge in [-0.3, -0.25) is 4.79 Å². The third-order valence-electron chi connectivity index (χ3n) is 2.40. The fourth-order valence-electron chi connectivity index (χ4n) is 1.19. The summed E-state index contributed by atoms with van der Waals surface area (Å²) in [5, 5.41) is 15.1. The second kappa shape index (κ2) is 9.57. The normalized spacial score (nSPS) is 14.5. The fraction of sp³-hybridized carbons (Fsp3) is 0.909. The Morgan fingerprint density at radius 2 is 2.12 bits per heavy atom. The Balaban J connectivity index is 3.55. The van der Waals surface area contributed by atoms with Crippen molar-refractivity contribution in [3.63, 3.8) is 0 Å². The summed E-state index contributed by atoms with van der Waals surface area (Å²) in [6.07, 6.45) is 1.14. The quantitative estimate of drug-likeness (QED) is 0.485. The van der Waals surface area contributed by atoms with Crippen LogP contribution in [0.5, 0.6) is 0 Å². The summed E-state index contributed by atoms with van der Waals surface area (Å²) in [5.74, 6) is -0.0389. The highest BCUT2D eigenvalue weighted by molar-refractivity contribution is 5.81. The largest absolute Gasteiger partial charge is 0.393 e. The lowest BCUT2D eigenvalue weighted by molar-refractivity contribution is -0.122. The highest BCUT2D eigenvalue weighted by Crippen LogP contribution is 1.95. The molecule has 1 amide bonds. The topological polar surface area (TPSA) is 70.6 Å². The van der Waals surface area contributed by atoms with Crippen molar-refractivity contribution in [3.8, 4) is 0 Å². The molecule has 3 N–H and O–H groups in total. The maximum Gasteiger partial charge on any atom is 0.236 e. The maximum absolute atomic E-state index is 11.5. The zero-order valence-corrected chi connectivity index (χ0v) is 10.5. The Morgan fingerprint density at radius 1 is 1.44 bits per heavy atom. The third kappa shape index (κ3) is 7.62. The lowest BCUT2D eigenvalue weighted by Crippen LogP contribution is -2.43. The van der Waals surface area contributed by atoms with Gasteiger partial charge in [0.05, 0.1) is 18.8 Å². The SMILES string of the molecule is CCC(O)CCNC(C)C(=O)NCCOC. The molecule has 0 spiro atoms. The fourth-order valence-corrected chi connectivity index (χ4v) is 1.19. The molecule has 0 rings (SSSR count). The molecule has 16 heavy (non-hydrogen) atoms. The van der Waals surface area contributed by atoms with Crippen LogP contribution in [0.1, 0.15) is 26.7 Å². The van der Waals surface area contributed by atoms with E-state index in [0.717, 1.165) is 6.42 Å². The second-order valence-electron chi connectivity index (χ2n) is 3.81. The molecule has 96 valence electrons. The number of hydrogen-bond acceptors (Lipinski definition) is 4. The average Bonchev–Trinajstić information content (AvgIpc) is 2.28. The van der Waals surface area contributed by atoms with Gasteiger partial charge < -0.3 is 20.5 Å². The van der Waals surface area contributed by atoms with Crippen LogP contribution in [-0.2, 0) is 9.53 Å². The van der Waals surface area contributed by atoms with Crippen LogP contribution < -0.4 is 10.6 Å². The molecule has 0 saturated carbocycles. The number of aliphatic hydroxyl groups excluding tert-OH is 1. The summed E-state index contributed by atoms with van der Waals surface area (Å²) < 4.78 is 4.83. The second-order valence-corrected chi connectivity index (χ2v) is 3.81. The van der Waals surface area contributed by atoms with E-state index in [1.54, 1.807) is 14.0 Å². The number of ether oxygens (including phenoxy) is 1. The van der Waals surface area contributed by atoms with Crippen LogP contribution >= 0.6 is 0 Å². The van der Waals surface area contributed by atoms with Crippen molar-refractivity contribution in [2.45, 2.75) is 38.8 Å². The van der Waals surface area contributed by atoms with Gasteiger partial charge in [0.15, 0.2) is 0 Å². The summed E-state index contributed by atoms with van der Waals surface area (Å²) in [6, 6.07) is -0.235. The molecule has 0 aromatic rings. The smallest absolute Gasteiger partial charge is 0.236 e. The Labute approximate surface area is 97.6 Å². The van der Waals surface area contributed by atoms with Crippen molar-refractivity contribution in [3.05, 3.63) is 0 Å². The first-order valence-corrected chi connectivity index (χ1v) is 5.79. The van der Waals surface area contributed by atoms with Crippen molar-refractivity contribution < 1.29 is 14.6 Å². The standard InChI is InChI=1S/C11H24N2O3/c1-4-10(14)5-6-12-9(2)11(15)13-7-8-16-3/h9-10,12,14H,4-8H2,1-3H3,(H,13,15). The minimum Gasteiger partial charge on any atom is -0.393 e. The average molecular weight is 232 g/mol. The van der Waals surface area contributed by atoms with Crippen LogP contribution in [0.4, 0.5) is 0 Å². The zero-order chi connectivity index (χ0) is 12.4. The van der Waals surface area contributed by atoms with Crippen LogP contribution in [0.3, 0.4) is 0 Å². The molecular weight excluding hydrogens is 208 g/mol. The number of rotatable bonds is 9. The first-order chi connectivity index (χ1) is 7.61. The van der Waals surface area contributed by atoms with E-state index in [-0.39, 0.29) is 18.1 Å². The van der Waals surface area contributed by atoms with E-state index in [9.17, 15) is 9.90 Å². The Kier molecular flexibility index (Phi) is 9.18. The Hall–Kier alpha value is -0.650. The van der Waals surface area contributed by atoms with Gasteiger partial charge >= 0.3 is 0 Å². The molecule has 2 atom stereocenters. The van der Waals surface area contributed by atoms with Crippen LogP contribution in [-0.4, -0.2) is 50.0 Å². The Morgan fingerprint density at radius 3 is 2.69 bits per heavy atom. The maximum atomic E-state index is 11.5. The summed E-state index contributed by atoms with van der Waals surface area (Å²) in [4.78, 5) is 11.5. The molecule has 0 aliphatic rings. The predicted octanol–water partition coefficient (Wildman–Crippen LogP) is -0.112. The molecule has 0 aromatic heterocycles. The van der Waals surface area contributed by atoms with E-state index in [1.165, 1.54) is 0 Å². The first-order valence-electron chi connectivity index (χ1n) is 5.79. The van der Waals surface area contributed by atoms with E-state index < -0.39 is 0 Å². The van der Waals surface area contributed by atoms with Crippen LogP contribution in [0.25, 0.3) is 0 Å². The number of nitrogens with one attached hydrogen (secondary N) is 2. The van der Waals surface area contributed by atoms with Gasteiger partial charge in [0.1, 0.15) is 0 Å². The van der Waals surface area contributed by atoms with Crippen molar-refractivity contribution in [1.82, 2.24) is 10.6 Å². The van der Waals surface area contributed by atoms with Crippen molar-refractivity contribution >= 4 is 5.91 Å². The lowest BCUT2D eigenvalue weighted by atomic mass is 10.2. The molecular formula is C11H24N2O3. The number of methoxy groups -OCH3 is 1. The van der Waals surface area contributed by atoms with E-state index in [1.807, 2.05) is 6.92 Å². The highest BCUT2D eigenvalue weighted by Gasteiger charge is 2.11. The molecule has 5 nitrogen and oxygen atoms in total. The van der Waals surface area contributed by atoms with E-state index >= 15 is 0 Å². The van der Waals surface area contributed by atoms with Gasteiger partial charge in [-0.15, -0.1) is 0 Å². The van der Waals surface area contributed by atoms with Crippen molar-refractivity contribution in [2.24, 2.45) is 0 Å². The molecule has 0 heterocycles. The van der Waals surface area contributed by atoms with Gasteiger partial charge in [0.2, 0.25) is 5.91 Å². The van der Waals surface area contributed by atoms with E-state index in [2.05, 4.69) is 10.6 Å². The van der Waals surface area contributed by atoms with Gasteiger partial charge in [-0.2, -0.15) is 0 Å². The molecule has 0 saturated heterocycles. The molecule has 0 bridgehead atoms. The number of amides is 1. The van der Waals surface area contributed by atoms with E-state index in [0.29, 0.717) is 26.1 Å². The highest BCUT2D eigenvalue weighted by atomic mass is 16.5. The van der Waals surface area contributed by atoms with Crippen molar-refractivity contribution in [1.29, 1.82) is 0 Å². The zero-order valence-electron chi connectivity index (χ0n) is 10.5. The molecule has 5 heteroatoms. The van der Waals surface area contributed by atoms with Gasteiger partial charge in [-0.1, -0.05) is 6.92 Å². The third-order valence-corrected chi connectivity index (χ3v) is 2.40.